The molecule has 0 heterocycles. The van der Waals surface area contributed by atoms with Crippen LogP contribution < -0.4 is 4.72 Å². The van der Waals surface area contributed by atoms with Gasteiger partial charge >= 0.3 is 0 Å². The molecule has 0 amide bonds. The van der Waals surface area contributed by atoms with E-state index in [2.05, 4.69) is 10.6 Å². The standard InChI is InChI=1S/C9H18N2O2S/c1-5-6-7-8-10-14(12,13)11(4)9(2)3/h1,9-10H,6-8H2,2-4H3. The van der Waals surface area contributed by atoms with Crippen LogP contribution in [0.25, 0.3) is 0 Å². The third-order valence-corrected chi connectivity index (χ3v) is 3.64. The van der Waals surface area contributed by atoms with Crippen molar-refractivity contribution in [2.75, 3.05) is 13.6 Å². The Hall–Kier alpha value is -0.570. The predicted molar refractivity (Wildman–Crippen MR) is 57.9 cm³/mol. The molecule has 0 aliphatic heterocycles. The average Bonchev–Trinajstić information content (AvgIpc) is 2.11. The molecule has 0 atom stereocenters. The van der Waals surface area contributed by atoms with E-state index in [1.165, 1.54) is 4.31 Å². The summed E-state index contributed by atoms with van der Waals surface area (Å²) in [6.45, 7) is 4.03. The lowest BCUT2D eigenvalue weighted by atomic mass is 10.3. The highest BCUT2D eigenvalue weighted by Crippen LogP contribution is 2.00. The van der Waals surface area contributed by atoms with Gasteiger partial charge in [-0.1, -0.05) is 0 Å². The van der Waals surface area contributed by atoms with E-state index in [0.29, 0.717) is 19.4 Å². The van der Waals surface area contributed by atoms with Gasteiger partial charge in [0.25, 0.3) is 10.2 Å². The Labute approximate surface area is 86.9 Å². The summed E-state index contributed by atoms with van der Waals surface area (Å²) in [6, 6.07) is -0.0415. The first kappa shape index (κ1) is 13.4. The molecule has 4 nitrogen and oxygen atoms in total. The van der Waals surface area contributed by atoms with Crippen molar-refractivity contribution in [2.24, 2.45) is 0 Å². The molecule has 5 heteroatoms. The molecule has 0 aromatic carbocycles. The molecule has 14 heavy (non-hydrogen) atoms. The van der Waals surface area contributed by atoms with Crippen molar-refractivity contribution in [3.63, 3.8) is 0 Å². The summed E-state index contributed by atoms with van der Waals surface area (Å²) >= 11 is 0. The largest absolute Gasteiger partial charge is 0.279 e. The minimum atomic E-state index is -3.33. The monoisotopic (exact) mass is 218 g/mol. The van der Waals surface area contributed by atoms with Crippen LogP contribution in [0.2, 0.25) is 0 Å². The minimum Gasteiger partial charge on any atom is -0.202 e. The highest BCUT2D eigenvalue weighted by Gasteiger charge is 2.18. The van der Waals surface area contributed by atoms with E-state index in [0.717, 1.165) is 0 Å². The molecule has 0 saturated carbocycles. The molecule has 0 unspecified atom stereocenters. The van der Waals surface area contributed by atoms with Crippen molar-refractivity contribution in [3.05, 3.63) is 0 Å². The predicted octanol–water partition coefficient (Wildman–Crippen LogP) is 0.574. The van der Waals surface area contributed by atoms with Crippen LogP contribution in [-0.4, -0.2) is 32.4 Å². The van der Waals surface area contributed by atoms with Crippen LogP contribution in [0, 0.1) is 12.3 Å². The van der Waals surface area contributed by atoms with Gasteiger partial charge < -0.3 is 0 Å². The van der Waals surface area contributed by atoms with Crippen molar-refractivity contribution in [3.8, 4) is 12.3 Å². The topological polar surface area (TPSA) is 49.4 Å². The third-order valence-electron chi connectivity index (χ3n) is 1.89. The first-order chi connectivity index (χ1) is 6.41. The molecule has 82 valence electrons. The minimum absolute atomic E-state index is 0.0415. The van der Waals surface area contributed by atoms with Crippen LogP contribution in [0.5, 0.6) is 0 Å². The highest BCUT2D eigenvalue weighted by molar-refractivity contribution is 7.87. The first-order valence-corrected chi connectivity index (χ1v) is 6.02. The number of unbranched alkanes of at least 4 members (excludes halogenated alkanes) is 1. The lowest BCUT2D eigenvalue weighted by Crippen LogP contribution is -2.42. The summed E-state index contributed by atoms with van der Waals surface area (Å²) in [4.78, 5) is 0. The Morgan fingerprint density at radius 1 is 1.50 bits per heavy atom. The van der Waals surface area contributed by atoms with Gasteiger partial charge in [-0.3, -0.25) is 0 Å². The Bertz CT molecular complexity index is 290. The normalized spacial score (nSPS) is 12.0. The number of rotatable bonds is 6. The molecular weight excluding hydrogens is 200 g/mol. The van der Waals surface area contributed by atoms with Crippen LogP contribution >= 0.6 is 0 Å². The Morgan fingerprint density at radius 2 is 2.07 bits per heavy atom. The molecule has 0 radical (unpaired) electrons. The van der Waals surface area contributed by atoms with Gasteiger partial charge in [0.05, 0.1) is 0 Å². The van der Waals surface area contributed by atoms with Gasteiger partial charge in [0, 0.05) is 26.1 Å². The Balaban J connectivity index is 4.04. The van der Waals surface area contributed by atoms with Crippen molar-refractivity contribution in [1.82, 2.24) is 9.03 Å². The van der Waals surface area contributed by atoms with Crippen LogP contribution in [0.3, 0.4) is 0 Å². The molecule has 0 fully saturated rings. The van der Waals surface area contributed by atoms with Crippen molar-refractivity contribution in [1.29, 1.82) is 0 Å². The molecule has 0 bridgehead atoms. The fraction of sp³-hybridized carbons (Fsp3) is 0.778. The van der Waals surface area contributed by atoms with E-state index in [4.69, 9.17) is 6.42 Å². The van der Waals surface area contributed by atoms with Gasteiger partial charge in [-0.25, -0.2) is 4.72 Å². The maximum absolute atomic E-state index is 11.5. The zero-order valence-electron chi connectivity index (χ0n) is 8.95. The Kier molecular flexibility index (Phi) is 5.77. The van der Waals surface area contributed by atoms with Gasteiger partial charge in [0.1, 0.15) is 0 Å². The SMILES string of the molecule is C#CCCCNS(=O)(=O)N(C)C(C)C. The fourth-order valence-electron chi connectivity index (χ4n) is 0.771. The number of nitrogens with one attached hydrogen (secondary N) is 1. The molecule has 0 aromatic rings. The van der Waals surface area contributed by atoms with Crippen LogP contribution in [0.4, 0.5) is 0 Å². The summed E-state index contributed by atoms with van der Waals surface area (Å²) in [6.07, 6.45) is 6.31. The molecule has 0 aliphatic carbocycles. The quantitative estimate of drug-likeness (QED) is 0.523. The third kappa shape index (κ3) is 4.61. The van der Waals surface area contributed by atoms with Crippen molar-refractivity contribution >= 4 is 10.2 Å². The van der Waals surface area contributed by atoms with E-state index in [-0.39, 0.29) is 6.04 Å². The van der Waals surface area contributed by atoms with E-state index in [1.807, 2.05) is 13.8 Å². The average molecular weight is 218 g/mol. The summed E-state index contributed by atoms with van der Waals surface area (Å²) in [5.74, 6) is 2.46. The number of nitrogens with zero attached hydrogens (tertiary/aromatic N) is 1. The molecule has 0 rings (SSSR count). The van der Waals surface area contributed by atoms with Crippen LogP contribution in [-0.2, 0) is 10.2 Å². The Morgan fingerprint density at radius 3 is 2.50 bits per heavy atom. The number of hydrogen-bond donors (Lipinski definition) is 1. The van der Waals surface area contributed by atoms with Crippen molar-refractivity contribution < 1.29 is 8.42 Å². The van der Waals surface area contributed by atoms with E-state index >= 15 is 0 Å². The molecular formula is C9H18N2O2S. The maximum atomic E-state index is 11.5. The van der Waals surface area contributed by atoms with Gasteiger partial charge in [-0.2, -0.15) is 12.7 Å². The molecule has 0 spiro atoms. The molecule has 0 aliphatic rings. The second kappa shape index (κ2) is 6.02. The van der Waals surface area contributed by atoms with Crippen molar-refractivity contribution in [2.45, 2.75) is 32.7 Å². The fourth-order valence-corrected chi connectivity index (χ4v) is 1.93. The van der Waals surface area contributed by atoms with E-state index < -0.39 is 10.2 Å². The zero-order valence-corrected chi connectivity index (χ0v) is 9.76. The lowest BCUT2D eigenvalue weighted by molar-refractivity contribution is 0.402. The maximum Gasteiger partial charge on any atom is 0.279 e. The highest BCUT2D eigenvalue weighted by atomic mass is 32.2. The number of hydrogen-bond acceptors (Lipinski definition) is 2. The summed E-state index contributed by atoms with van der Waals surface area (Å²) < 4.78 is 26.8. The smallest absolute Gasteiger partial charge is 0.202 e. The first-order valence-electron chi connectivity index (χ1n) is 4.58. The van der Waals surface area contributed by atoms with Crippen LogP contribution in [0.1, 0.15) is 26.7 Å². The van der Waals surface area contributed by atoms with Gasteiger partial charge in [-0.05, 0) is 20.3 Å². The molecule has 0 saturated heterocycles. The second-order valence-electron chi connectivity index (χ2n) is 3.32. The van der Waals surface area contributed by atoms with Gasteiger partial charge in [0.15, 0.2) is 0 Å². The van der Waals surface area contributed by atoms with Crippen LogP contribution in [0.15, 0.2) is 0 Å². The lowest BCUT2D eigenvalue weighted by Gasteiger charge is -2.20. The van der Waals surface area contributed by atoms with E-state index in [1.54, 1.807) is 7.05 Å². The summed E-state index contributed by atoms with van der Waals surface area (Å²) in [7, 11) is -1.78. The molecule has 1 N–H and O–H groups in total. The zero-order chi connectivity index (χ0) is 11.2. The van der Waals surface area contributed by atoms with Gasteiger partial charge in [-0.15, -0.1) is 12.3 Å². The second-order valence-corrected chi connectivity index (χ2v) is 5.13. The summed E-state index contributed by atoms with van der Waals surface area (Å²) in [5.41, 5.74) is 0. The van der Waals surface area contributed by atoms with Gasteiger partial charge in [0.2, 0.25) is 0 Å². The molecule has 0 aromatic heterocycles. The summed E-state index contributed by atoms with van der Waals surface area (Å²) in [5, 5.41) is 0. The van der Waals surface area contributed by atoms with E-state index in [9.17, 15) is 8.42 Å². The number of terminal acetylenes is 1.